The largest absolute Gasteiger partial charge is 0.348 e. The zero-order valence-corrected chi connectivity index (χ0v) is 14.3. The topological polar surface area (TPSA) is 58.2 Å². The number of anilines is 1. The van der Waals surface area contributed by atoms with Crippen molar-refractivity contribution in [1.82, 2.24) is 5.32 Å². The van der Waals surface area contributed by atoms with Crippen molar-refractivity contribution in [1.29, 1.82) is 0 Å². The normalized spacial score (nSPS) is 11.8. The van der Waals surface area contributed by atoms with E-state index < -0.39 is 11.8 Å². The van der Waals surface area contributed by atoms with Crippen molar-refractivity contribution in [3.05, 3.63) is 28.8 Å². The Bertz CT molecular complexity index is 517. The molecule has 0 radical (unpaired) electrons. The third kappa shape index (κ3) is 6.06. The summed E-state index contributed by atoms with van der Waals surface area (Å²) in [6.45, 7) is 6.66. The van der Waals surface area contributed by atoms with E-state index in [1.165, 1.54) is 0 Å². The van der Waals surface area contributed by atoms with E-state index in [1.807, 2.05) is 6.92 Å². The summed E-state index contributed by atoms with van der Waals surface area (Å²) in [4.78, 5) is 23.7. The number of hydrogen-bond donors (Lipinski definition) is 2. The van der Waals surface area contributed by atoms with Gasteiger partial charge in [0.1, 0.15) is 0 Å². The number of halogens is 1. The van der Waals surface area contributed by atoms with Crippen LogP contribution in [0.4, 0.5) is 5.69 Å². The third-order valence-electron chi connectivity index (χ3n) is 3.73. The van der Waals surface area contributed by atoms with Crippen LogP contribution in [0.15, 0.2) is 18.2 Å². The Morgan fingerprint density at radius 2 is 1.95 bits per heavy atom. The van der Waals surface area contributed by atoms with E-state index in [4.69, 9.17) is 11.6 Å². The molecular weight excluding hydrogens is 300 g/mol. The van der Waals surface area contributed by atoms with Crippen molar-refractivity contribution < 1.29 is 9.59 Å². The lowest BCUT2D eigenvalue weighted by Crippen LogP contribution is -2.38. The van der Waals surface area contributed by atoms with E-state index in [2.05, 4.69) is 24.5 Å². The smallest absolute Gasteiger partial charge is 0.313 e. The predicted octanol–water partition coefficient (Wildman–Crippen LogP) is 3.92. The van der Waals surface area contributed by atoms with E-state index in [-0.39, 0.29) is 0 Å². The minimum absolute atomic E-state index is 0.422. The Labute approximate surface area is 137 Å². The first-order valence-corrected chi connectivity index (χ1v) is 8.21. The number of aryl methyl sites for hydroxylation is 1. The zero-order valence-electron chi connectivity index (χ0n) is 13.5. The molecule has 0 aliphatic heterocycles. The van der Waals surface area contributed by atoms with Crippen molar-refractivity contribution in [2.24, 2.45) is 5.92 Å². The molecule has 1 atom stereocenters. The van der Waals surface area contributed by atoms with Crippen LogP contribution in [0.3, 0.4) is 0 Å². The Hall–Kier alpha value is -1.55. The van der Waals surface area contributed by atoms with Gasteiger partial charge < -0.3 is 10.6 Å². The fraction of sp³-hybridized carbons (Fsp3) is 0.529. The number of benzene rings is 1. The van der Waals surface area contributed by atoms with E-state index in [1.54, 1.807) is 18.2 Å². The van der Waals surface area contributed by atoms with E-state index in [0.717, 1.165) is 31.2 Å². The molecule has 0 unspecified atom stereocenters. The average Bonchev–Trinajstić information content (AvgIpc) is 2.50. The number of carbonyl (C=O) groups excluding carboxylic acids is 2. The van der Waals surface area contributed by atoms with E-state index >= 15 is 0 Å². The van der Waals surface area contributed by atoms with Crippen molar-refractivity contribution in [3.63, 3.8) is 0 Å². The average molecular weight is 325 g/mol. The first kappa shape index (κ1) is 18.5. The van der Waals surface area contributed by atoms with Crippen LogP contribution in [0, 0.1) is 12.8 Å². The van der Waals surface area contributed by atoms with Crippen LogP contribution < -0.4 is 10.6 Å². The summed E-state index contributed by atoms with van der Waals surface area (Å²) in [5, 5.41) is 5.82. The molecule has 4 nitrogen and oxygen atoms in total. The Morgan fingerprint density at radius 3 is 2.55 bits per heavy atom. The quantitative estimate of drug-likeness (QED) is 0.747. The van der Waals surface area contributed by atoms with Gasteiger partial charge in [-0.05, 0) is 37.0 Å². The molecule has 0 aromatic heterocycles. The van der Waals surface area contributed by atoms with Crippen molar-refractivity contribution in [3.8, 4) is 0 Å². The summed E-state index contributed by atoms with van der Waals surface area (Å²) in [5.41, 5.74) is 1.44. The van der Waals surface area contributed by atoms with Crippen LogP contribution >= 0.6 is 11.6 Å². The lowest BCUT2D eigenvalue weighted by Gasteiger charge is -2.15. The van der Waals surface area contributed by atoms with Crippen LogP contribution in [0.2, 0.25) is 5.02 Å². The van der Waals surface area contributed by atoms with Crippen molar-refractivity contribution in [2.45, 2.75) is 46.5 Å². The highest BCUT2D eigenvalue weighted by Gasteiger charge is 2.15. The summed E-state index contributed by atoms with van der Waals surface area (Å²) >= 11 is 6.00. The fourth-order valence-corrected chi connectivity index (χ4v) is 2.30. The van der Waals surface area contributed by atoms with Gasteiger partial charge in [-0.1, -0.05) is 50.8 Å². The van der Waals surface area contributed by atoms with Crippen LogP contribution in [0.1, 0.15) is 45.1 Å². The molecule has 0 aliphatic rings. The molecule has 2 amide bonds. The number of unbranched alkanes of at least 4 members (excludes halogenated alkanes) is 1. The van der Waals surface area contributed by atoms with Gasteiger partial charge in [-0.3, -0.25) is 9.59 Å². The lowest BCUT2D eigenvalue weighted by molar-refractivity contribution is -0.136. The van der Waals surface area contributed by atoms with E-state index in [0.29, 0.717) is 23.2 Å². The van der Waals surface area contributed by atoms with Gasteiger partial charge in [0.2, 0.25) is 0 Å². The number of carbonyl (C=O) groups is 2. The summed E-state index contributed by atoms with van der Waals surface area (Å²) < 4.78 is 0. The molecule has 22 heavy (non-hydrogen) atoms. The molecule has 1 aromatic carbocycles. The number of amides is 2. The van der Waals surface area contributed by atoms with Gasteiger partial charge in [-0.2, -0.15) is 0 Å². The van der Waals surface area contributed by atoms with Gasteiger partial charge in [0.15, 0.2) is 0 Å². The zero-order chi connectivity index (χ0) is 16.5. The molecule has 0 spiro atoms. The fourth-order valence-electron chi connectivity index (χ4n) is 2.12. The monoisotopic (exact) mass is 324 g/mol. The molecule has 0 fully saturated rings. The van der Waals surface area contributed by atoms with Gasteiger partial charge >= 0.3 is 11.8 Å². The van der Waals surface area contributed by atoms with E-state index in [9.17, 15) is 9.59 Å². The maximum atomic E-state index is 11.9. The molecule has 0 aliphatic carbocycles. The second-order valence-corrected chi connectivity index (χ2v) is 5.95. The minimum atomic E-state index is -0.662. The highest BCUT2D eigenvalue weighted by atomic mass is 35.5. The van der Waals surface area contributed by atoms with Gasteiger partial charge in [-0.15, -0.1) is 0 Å². The molecule has 122 valence electrons. The number of hydrogen-bond acceptors (Lipinski definition) is 2. The molecular formula is C17H25ClN2O2. The van der Waals surface area contributed by atoms with Crippen LogP contribution in [-0.4, -0.2) is 18.4 Å². The molecule has 0 saturated carbocycles. The van der Waals surface area contributed by atoms with Gasteiger partial charge in [0, 0.05) is 17.3 Å². The molecule has 0 saturated heterocycles. The van der Waals surface area contributed by atoms with Crippen LogP contribution in [0.5, 0.6) is 0 Å². The molecule has 0 heterocycles. The molecule has 5 heteroatoms. The minimum Gasteiger partial charge on any atom is -0.348 e. The maximum absolute atomic E-state index is 11.9. The standard InChI is InChI=1S/C17H25ClN2O2/c1-4-6-7-13(5-2)11-19-16(21)17(22)20-14-9-8-12(3)15(18)10-14/h8-10,13H,4-7,11H2,1-3H3,(H,19,21)(H,20,22)/t13-/m0/s1. The molecule has 2 N–H and O–H groups in total. The van der Waals surface area contributed by atoms with Crippen molar-refractivity contribution in [2.75, 3.05) is 11.9 Å². The molecule has 1 rings (SSSR count). The van der Waals surface area contributed by atoms with Gasteiger partial charge in [0.05, 0.1) is 0 Å². The van der Waals surface area contributed by atoms with Gasteiger partial charge in [0.25, 0.3) is 0 Å². The Kier molecular flexibility index (Phi) is 7.96. The summed E-state index contributed by atoms with van der Waals surface area (Å²) in [5.74, 6) is -0.845. The molecule has 1 aromatic rings. The lowest BCUT2D eigenvalue weighted by atomic mass is 9.99. The SMILES string of the molecule is CCCC[C@H](CC)CNC(=O)C(=O)Nc1ccc(C)c(Cl)c1. The second-order valence-electron chi connectivity index (χ2n) is 5.54. The number of nitrogens with one attached hydrogen (secondary N) is 2. The summed E-state index contributed by atoms with van der Waals surface area (Å²) in [6.07, 6.45) is 4.35. The van der Waals surface area contributed by atoms with Gasteiger partial charge in [-0.25, -0.2) is 0 Å². The first-order valence-electron chi connectivity index (χ1n) is 7.83. The third-order valence-corrected chi connectivity index (χ3v) is 4.14. The highest BCUT2D eigenvalue weighted by molar-refractivity contribution is 6.39. The highest BCUT2D eigenvalue weighted by Crippen LogP contribution is 2.19. The van der Waals surface area contributed by atoms with Crippen LogP contribution in [-0.2, 0) is 9.59 Å². The number of rotatable bonds is 7. The Balaban J connectivity index is 2.47. The Morgan fingerprint density at radius 1 is 1.23 bits per heavy atom. The summed E-state index contributed by atoms with van der Waals surface area (Å²) in [7, 11) is 0. The van der Waals surface area contributed by atoms with Crippen LogP contribution in [0.25, 0.3) is 0 Å². The predicted molar refractivity (Wildman–Crippen MR) is 91.1 cm³/mol. The maximum Gasteiger partial charge on any atom is 0.313 e. The van der Waals surface area contributed by atoms with Crippen molar-refractivity contribution >= 4 is 29.1 Å². The second kappa shape index (κ2) is 9.46. The summed E-state index contributed by atoms with van der Waals surface area (Å²) in [6, 6.07) is 5.16. The first-order chi connectivity index (χ1) is 10.5. The molecule has 0 bridgehead atoms.